The van der Waals surface area contributed by atoms with E-state index in [-0.39, 0.29) is 13.3 Å². The summed E-state index contributed by atoms with van der Waals surface area (Å²) in [7, 11) is 0. The third-order valence-electron chi connectivity index (χ3n) is 2.15. The SMILES string of the molecule is FCCO[C@@H]1CCC=CCCC1. The van der Waals surface area contributed by atoms with Gasteiger partial charge in [0.05, 0.1) is 12.7 Å². The number of alkyl halides is 1. The summed E-state index contributed by atoms with van der Waals surface area (Å²) in [6, 6.07) is 0. The van der Waals surface area contributed by atoms with E-state index in [2.05, 4.69) is 12.2 Å². The van der Waals surface area contributed by atoms with Crippen molar-refractivity contribution in [3.63, 3.8) is 0 Å². The lowest BCUT2D eigenvalue weighted by atomic mass is 10.0. The van der Waals surface area contributed by atoms with Gasteiger partial charge in [-0.25, -0.2) is 4.39 Å². The minimum Gasteiger partial charge on any atom is -0.375 e. The second-order valence-corrected chi connectivity index (χ2v) is 3.16. The lowest BCUT2D eigenvalue weighted by Gasteiger charge is -2.17. The number of halogens is 1. The van der Waals surface area contributed by atoms with Gasteiger partial charge in [-0.05, 0) is 32.1 Å². The lowest BCUT2D eigenvalue weighted by molar-refractivity contribution is 0.0326. The van der Waals surface area contributed by atoms with E-state index in [4.69, 9.17) is 4.74 Å². The third kappa shape index (κ3) is 3.86. The van der Waals surface area contributed by atoms with E-state index in [0.717, 1.165) is 25.7 Å². The van der Waals surface area contributed by atoms with Gasteiger partial charge in [0.15, 0.2) is 0 Å². The molecule has 1 atom stereocenters. The predicted octanol–water partition coefficient (Wildman–Crippen LogP) is 2.86. The van der Waals surface area contributed by atoms with Gasteiger partial charge in [0, 0.05) is 0 Å². The quantitative estimate of drug-likeness (QED) is 0.595. The first kappa shape index (κ1) is 9.72. The summed E-state index contributed by atoms with van der Waals surface area (Å²) in [6.45, 7) is -0.0826. The molecule has 0 radical (unpaired) electrons. The van der Waals surface area contributed by atoms with E-state index < -0.39 is 0 Å². The molecule has 0 amide bonds. The molecule has 0 N–H and O–H groups in total. The summed E-state index contributed by atoms with van der Waals surface area (Å²) in [5.74, 6) is 0. The van der Waals surface area contributed by atoms with Gasteiger partial charge in [-0.15, -0.1) is 0 Å². The highest BCUT2D eigenvalue weighted by molar-refractivity contribution is 4.85. The molecular weight excluding hydrogens is 155 g/mol. The van der Waals surface area contributed by atoms with Gasteiger partial charge in [0.2, 0.25) is 0 Å². The summed E-state index contributed by atoms with van der Waals surface area (Å²) in [4.78, 5) is 0. The second-order valence-electron chi connectivity index (χ2n) is 3.16. The molecule has 0 aliphatic heterocycles. The van der Waals surface area contributed by atoms with E-state index >= 15 is 0 Å². The van der Waals surface area contributed by atoms with Crippen LogP contribution < -0.4 is 0 Å². The smallest absolute Gasteiger partial charge is 0.113 e. The molecule has 0 unspecified atom stereocenters. The number of ether oxygens (including phenoxy) is 1. The first-order chi connectivity index (χ1) is 5.93. The average Bonchev–Trinajstić information content (AvgIpc) is 2.02. The Hall–Kier alpha value is -0.370. The van der Waals surface area contributed by atoms with Crippen LogP contribution in [0.3, 0.4) is 0 Å². The number of hydrogen-bond donors (Lipinski definition) is 0. The van der Waals surface area contributed by atoms with Crippen LogP contribution in [0.4, 0.5) is 4.39 Å². The zero-order chi connectivity index (χ0) is 8.65. The van der Waals surface area contributed by atoms with Crippen LogP contribution in [0.2, 0.25) is 0 Å². The molecule has 0 aromatic rings. The molecule has 0 spiro atoms. The predicted molar refractivity (Wildman–Crippen MR) is 47.9 cm³/mol. The maximum absolute atomic E-state index is 11.8. The average molecular weight is 172 g/mol. The molecule has 12 heavy (non-hydrogen) atoms. The van der Waals surface area contributed by atoms with Crippen LogP contribution in [0.5, 0.6) is 0 Å². The van der Waals surface area contributed by atoms with Crippen LogP contribution in [0.1, 0.15) is 32.1 Å². The van der Waals surface area contributed by atoms with Crippen LogP contribution >= 0.6 is 0 Å². The molecule has 0 bridgehead atoms. The molecule has 1 aliphatic rings. The monoisotopic (exact) mass is 172 g/mol. The molecule has 1 nitrogen and oxygen atoms in total. The van der Waals surface area contributed by atoms with Crippen LogP contribution in [0.25, 0.3) is 0 Å². The number of rotatable bonds is 3. The highest BCUT2D eigenvalue weighted by atomic mass is 19.1. The molecule has 0 aromatic carbocycles. The van der Waals surface area contributed by atoms with E-state index in [9.17, 15) is 4.39 Å². The molecule has 1 aliphatic carbocycles. The van der Waals surface area contributed by atoms with Gasteiger partial charge in [-0.1, -0.05) is 12.2 Å². The number of allylic oxidation sites excluding steroid dienone is 2. The highest BCUT2D eigenvalue weighted by Crippen LogP contribution is 2.15. The van der Waals surface area contributed by atoms with Crippen molar-refractivity contribution in [2.75, 3.05) is 13.3 Å². The summed E-state index contributed by atoms with van der Waals surface area (Å²) >= 11 is 0. The first-order valence-corrected chi connectivity index (χ1v) is 4.76. The lowest BCUT2D eigenvalue weighted by Crippen LogP contribution is -2.15. The Morgan fingerprint density at radius 1 is 1.25 bits per heavy atom. The molecule has 70 valence electrons. The Labute approximate surface area is 73.6 Å². The summed E-state index contributed by atoms with van der Waals surface area (Å²) in [6.07, 6.45) is 10.3. The summed E-state index contributed by atoms with van der Waals surface area (Å²) in [5, 5.41) is 0. The molecule has 0 heterocycles. The fourth-order valence-electron chi connectivity index (χ4n) is 1.50. The second kappa shape index (κ2) is 6.18. The molecular formula is C10H17FO. The number of hydrogen-bond acceptors (Lipinski definition) is 1. The maximum atomic E-state index is 11.8. The minimum atomic E-state index is -0.355. The molecule has 0 saturated heterocycles. The van der Waals surface area contributed by atoms with E-state index in [1.807, 2.05) is 0 Å². The Morgan fingerprint density at radius 3 is 2.92 bits per heavy atom. The van der Waals surface area contributed by atoms with Gasteiger partial charge in [-0.3, -0.25) is 0 Å². The standard InChI is InChI=1S/C10H17FO/c11-8-9-12-10-6-4-2-1-3-5-7-10/h1-2,10H,3-9H2/t10-/m1/s1. The molecule has 0 aromatic heterocycles. The van der Waals surface area contributed by atoms with Gasteiger partial charge in [0.1, 0.15) is 6.67 Å². The van der Waals surface area contributed by atoms with E-state index in [1.165, 1.54) is 6.42 Å². The Bertz CT molecular complexity index is 134. The zero-order valence-electron chi connectivity index (χ0n) is 7.47. The van der Waals surface area contributed by atoms with Gasteiger partial charge >= 0.3 is 0 Å². The van der Waals surface area contributed by atoms with Crippen molar-refractivity contribution >= 4 is 0 Å². The van der Waals surface area contributed by atoms with Crippen LogP contribution in [0.15, 0.2) is 12.2 Å². The van der Waals surface area contributed by atoms with Crippen LogP contribution in [-0.4, -0.2) is 19.4 Å². The van der Waals surface area contributed by atoms with Crippen molar-refractivity contribution in [2.45, 2.75) is 38.2 Å². The molecule has 2 heteroatoms. The van der Waals surface area contributed by atoms with E-state index in [0.29, 0.717) is 6.10 Å². The zero-order valence-corrected chi connectivity index (χ0v) is 7.47. The Kier molecular flexibility index (Phi) is 5.00. The fraction of sp³-hybridized carbons (Fsp3) is 0.800. The topological polar surface area (TPSA) is 9.23 Å². The Morgan fingerprint density at radius 2 is 2.08 bits per heavy atom. The van der Waals surface area contributed by atoms with Crippen molar-refractivity contribution < 1.29 is 9.13 Å². The van der Waals surface area contributed by atoms with Crippen molar-refractivity contribution in [1.29, 1.82) is 0 Å². The third-order valence-corrected chi connectivity index (χ3v) is 2.15. The molecule has 0 saturated carbocycles. The van der Waals surface area contributed by atoms with Crippen LogP contribution in [0, 0.1) is 0 Å². The molecule has 1 rings (SSSR count). The van der Waals surface area contributed by atoms with Crippen molar-refractivity contribution in [1.82, 2.24) is 0 Å². The maximum Gasteiger partial charge on any atom is 0.113 e. The normalized spacial score (nSPS) is 24.9. The highest BCUT2D eigenvalue weighted by Gasteiger charge is 2.08. The van der Waals surface area contributed by atoms with E-state index in [1.54, 1.807) is 0 Å². The molecule has 0 fully saturated rings. The van der Waals surface area contributed by atoms with Gasteiger partial charge in [-0.2, -0.15) is 0 Å². The van der Waals surface area contributed by atoms with Crippen LogP contribution in [-0.2, 0) is 4.74 Å². The minimum absolute atomic E-state index is 0.272. The first-order valence-electron chi connectivity index (χ1n) is 4.76. The van der Waals surface area contributed by atoms with Crippen molar-refractivity contribution in [2.24, 2.45) is 0 Å². The largest absolute Gasteiger partial charge is 0.375 e. The van der Waals surface area contributed by atoms with Gasteiger partial charge in [0.25, 0.3) is 0 Å². The van der Waals surface area contributed by atoms with Gasteiger partial charge < -0.3 is 4.74 Å². The van der Waals surface area contributed by atoms with Crippen molar-refractivity contribution in [3.8, 4) is 0 Å². The van der Waals surface area contributed by atoms with Crippen molar-refractivity contribution in [3.05, 3.63) is 12.2 Å². The summed E-state index contributed by atoms with van der Waals surface area (Å²) < 4.78 is 17.1. The fourth-order valence-corrected chi connectivity index (χ4v) is 1.50. The summed E-state index contributed by atoms with van der Waals surface area (Å²) in [5.41, 5.74) is 0. The Balaban J connectivity index is 2.18.